The van der Waals surface area contributed by atoms with Crippen LogP contribution in [0.4, 0.5) is 5.69 Å². The lowest BCUT2D eigenvalue weighted by molar-refractivity contribution is -0.137. The maximum atomic E-state index is 12.5. The number of para-hydroxylation sites is 1. The summed E-state index contributed by atoms with van der Waals surface area (Å²) in [6.45, 7) is 4.33. The van der Waals surface area contributed by atoms with E-state index in [1.54, 1.807) is 4.90 Å². The third-order valence-electron chi connectivity index (χ3n) is 4.19. The van der Waals surface area contributed by atoms with Crippen LogP contribution >= 0.6 is 0 Å². The molecule has 1 N–H and O–H groups in total. The zero-order valence-corrected chi connectivity index (χ0v) is 13.4. The highest BCUT2D eigenvalue weighted by molar-refractivity contribution is 6.40. The number of hydrogen-bond acceptors (Lipinski definition) is 2. The van der Waals surface area contributed by atoms with Gasteiger partial charge in [-0.15, -0.1) is 0 Å². The second-order valence-electron chi connectivity index (χ2n) is 6.03. The van der Waals surface area contributed by atoms with E-state index in [4.69, 9.17) is 0 Å². The molecule has 1 heterocycles. The average Bonchev–Trinajstić information content (AvgIpc) is 2.89. The Hall–Kier alpha value is -2.62. The summed E-state index contributed by atoms with van der Waals surface area (Å²) >= 11 is 0. The standard InChI is InChI=1S/C19H20N2O2/c1-13-7-9-15(10-8-13)12-20-18(22)19(23)21-14(2)11-16-5-3-4-6-17(16)21/h3-10,14H,11-12H2,1-2H3,(H,20,22). The number of nitrogens with zero attached hydrogens (tertiary/aromatic N) is 1. The summed E-state index contributed by atoms with van der Waals surface area (Å²) in [5, 5.41) is 2.72. The molecule has 1 aliphatic heterocycles. The molecule has 1 atom stereocenters. The van der Waals surface area contributed by atoms with Gasteiger partial charge in [0.15, 0.2) is 0 Å². The SMILES string of the molecule is Cc1ccc(CNC(=O)C(=O)N2c3ccccc3CC2C)cc1. The summed E-state index contributed by atoms with van der Waals surface area (Å²) in [4.78, 5) is 26.3. The molecular formula is C19H20N2O2. The molecule has 118 valence electrons. The van der Waals surface area contributed by atoms with Gasteiger partial charge < -0.3 is 10.2 Å². The maximum Gasteiger partial charge on any atom is 0.316 e. The first kappa shape index (κ1) is 15.3. The molecule has 4 nitrogen and oxygen atoms in total. The zero-order valence-electron chi connectivity index (χ0n) is 13.4. The fraction of sp³-hybridized carbons (Fsp3) is 0.263. The summed E-state index contributed by atoms with van der Waals surface area (Å²) in [7, 11) is 0. The second kappa shape index (κ2) is 6.24. The van der Waals surface area contributed by atoms with Crippen LogP contribution in [0.2, 0.25) is 0 Å². The highest BCUT2D eigenvalue weighted by Crippen LogP contribution is 2.31. The average molecular weight is 308 g/mol. The van der Waals surface area contributed by atoms with Gasteiger partial charge in [-0.3, -0.25) is 9.59 Å². The number of aryl methyl sites for hydroxylation is 1. The van der Waals surface area contributed by atoms with E-state index in [0.717, 1.165) is 23.2 Å². The molecule has 0 fully saturated rings. The van der Waals surface area contributed by atoms with Gasteiger partial charge in [0.2, 0.25) is 0 Å². The van der Waals surface area contributed by atoms with Gasteiger partial charge in [-0.25, -0.2) is 0 Å². The van der Waals surface area contributed by atoms with Crippen LogP contribution in [-0.2, 0) is 22.6 Å². The fourth-order valence-electron chi connectivity index (χ4n) is 2.95. The molecule has 0 radical (unpaired) electrons. The molecule has 0 bridgehead atoms. The van der Waals surface area contributed by atoms with Gasteiger partial charge in [0.25, 0.3) is 0 Å². The van der Waals surface area contributed by atoms with Gasteiger partial charge in [0.05, 0.1) is 0 Å². The van der Waals surface area contributed by atoms with Crippen molar-refractivity contribution >= 4 is 17.5 Å². The first-order valence-electron chi connectivity index (χ1n) is 7.81. The predicted molar refractivity (Wildman–Crippen MR) is 90.1 cm³/mol. The number of nitrogens with one attached hydrogen (secondary N) is 1. The van der Waals surface area contributed by atoms with Crippen LogP contribution in [0.15, 0.2) is 48.5 Å². The first-order chi connectivity index (χ1) is 11.1. The summed E-state index contributed by atoms with van der Waals surface area (Å²) in [6.07, 6.45) is 0.785. The van der Waals surface area contributed by atoms with Crippen molar-refractivity contribution in [3.05, 3.63) is 65.2 Å². The molecule has 0 saturated carbocycles. The molecule has 23 heavy (non-hydrogen) atoms. The topological polar surface area (TPSA) is 49.4 Å². The van der Waals surface area contributed by atoms with Crippen molar-refractivity contribution in [2.75, 3.05) is 4.90 Å². The summed E-state index contributed by atoms with van der Waals surface area (Å²) < 4.78 is 0. The maximum absolute atomic E-state index is 12.5. The van der Waals surface area contributed by atoms with Gasteiger partial charge >= 0.3 is 11.8 Å². The Kier molecular flexibility index (Phi) is 4.15. The monoisotopic (exact) mass is 308 g/mol. The Labute approximate surface area is 136 Å². The molecule has 2 aromatic carbocycles. The van der Waals surface area contributed by atoms with Crippen molar-refractivity contribution in [3.8, 4) is 0 Å². The van der Waals surface area contributed by atoms with Crippen molar-refractivity contribution in [3.63, 3.8) is 0 Å². The van der Waals surface area contributed by atoms with Gasteiger partial charge in [-0.05, 0) is 37.5 Å². The van der Waals surface area contributed by atoms with Crippen LogP contribution in [0.5, 0.6) is 0 Å². The quantitative estimate of drug-likeness (QED) is 0.867. The number of carbonyl (C=O) groups excluding carboxylic acids is 2. The molecular weight excluding hydrogens is 288 g/mol. The van der Waals surface area contributed by atoms with E-state index >= 15 is 0 Å². The molecule has 0 saturated heterocycles. The Morgan fingerprint density at radius 1 is 1.13 bits per heavy atom. The van der Waals surface area contributed by atoms with Crippen LogP contribution in [0, 0.1) is 6.92 Å². The number of benzene rings is 2. The number of fused-ring (bicyclic) bond motifs is 1. The van der Waals surface area contributed by atoms with Crippen molar-refractivity contribution in [2.24, 2.45) is 0 Å². The third kappa shape index (κ3) is 3.11. The van der Waals surface area contributed by atoms with E-state index in [9.17, 15) is 9.59 Å². The third-order valence-corrected chi connectivity index (χ3v) is 4.19. The molecule has 1 aliphatic rings. The predicted octanol–water partition coefficient (Wildman–Crippen LogP) is 2.59. The molecule has 1 unspecified atom stereocenters. The second-order valence-corrected chi connectivity index (χ2v) is 6.03. The van der Waals surface area contributed by atoms with Crippen molar-refractivity contribution in [1.82, 2.24) is 5.32 Å². The normalized spacial score (nSPS) is 16.1. The van der Waals surface area contributed by atoms with Crippen molar-refractivity contribution < 1.29 is 9.59 Å². The van der Waals surface area contributed by atoms with E-state index in [1.807, 2.05) is 62.4 Å². The van der Waals surface area contributed by atoms with Gasteiger partial charge in [-0.1, -0.05) is 48.0 Å². The largest absolute Gasteiger partial charge is 0.344 e. The van der Waals surface area contributed by atoms with E-state index < -0.39 is 11.8 Å². The Morgan fingerprint density at radius 2 is 1.83 bits per heavy atom. The van der Waals surface area contributed by atoms with Crippen LogP contribution in [0.1, 0.15) is 23.6 Å². The number of amides is 2. The Morgan fingerprint density at radius 3 is 2.57 bits per heavy atom. The van der Waals surface area contributed by atoms with Crippen LogP contribution in [-0.4, -0.2) is 17.9 Å². The van der Waals surface area contributed by atoms with Crippen LogP contribution in [0.3, 0.4) is 0 Å². The van der Waals surface area contributed by atoms with E-state index in [2.05, 4.69) is 5.32 Å². The molecule has 0 aliphatic carbocycles. The van der Waals surface area contributed by atoms with Crippen LogP contribution < -0.4 is 10.2 Å². The lowest BCUT2D eigenvalue weighted by atomic mass is 10.1. The molecule has 0 spiro atoms. The fourth-order valence-corrected chi connectivity index (χ4v) is 2.95. The summed E-state index contributed by atoms with van der Waals surface area (Å²) in [5.41, 5.74) is 4.10. The Balaban J connectivity index is 1.68. The van der Waals surface area contributed by atoms with Gasteiger partial charge in [0.1, 0.15) is 0 Å². The minimum atomic E-state index is -0.561. The number of rotatable bonds is 2. The first-order valence-corrected chi connectivity index (χ1v) is 7.81. The van der Waals surface area contributed by atoms with Crippen molar-refractivity contribution in [1.29, 1.82) is 0 Å². The van der Waals surface area contributed by atoms with Crippen LogP contribution in [0.25, 0.3) is 0 Å². The van der Waals surface area contributed by atoms with Gasteiger partial charge in [-0.2, -0.15) is 0 Å². The lowest BCUT2D eigenvalue weighted by Gasteiger charge is -2.22. The zero-order chi connectivity index (χ0) is 16.4. The molecule has 0 aromatic heterocycles. The smallest absolute Gasteiger partial charge is 0.316 e. The van der Waals surface area contributed by atoms with E-state index in [1.165, 1.54) is 5.56 Å². The lowest BCUT2D eigenvalue weighted by Crippen LogP contribution is -2.45. The molecule has 3 rings (SSSR count). The minimum absolute atomic E-state index is 0.00465. The highest BCUT2D eigenvalue weighted by Gasteiger charge is 2.33. The number of carbonyl (C=O) groups is 2. The van der Waals surface area contributed by atoms with E-state index in [0.29, 0.717) is 6.54 Å². The summed E-state index contributed by atoms with van der Waals surface area (Å²) in [6, 6.07) is 15.6. The number of hydrogen-bond donors (Lipinski definition) is 1. The Bertz CT molecular complexity index is 737. The minimum Gasteiger partial charge on any atom is -0.344 e. The highest BCUT2D eigenvalue weighted by atomic mass is 16.2. The van der Waals surface area contributed by atoms with Gasteiger partial charge in [0, 0.05) is 18.3 Å². The molecule has 2 amide bonds. The van der Waals surface area contributed by atoms with E-state index in [-0.39, 0.29) is 6.04 Å². The number of anilines is 1. The molecule has 4 heteroatoms. The molecule has 2 aromatic rings. The summed E-state index contributed by atoms with van der Waals surface area (Å²) in [5.74, 6) is -1.05. The van der Waals surface area contributed by atoms with Crippen molar-refractivity contribution in [2.45, 2.75) is 32.9 Å².